The second-order valence-corrected chi connectivity index (χ2v) is 7.96. The summed E-state index contributed by atoms with van der Waals surface area (Å²) >= 11 is 0. The van der Waals surface area contributed by atoms with Gasteiger partial charge in [-0.05, 0) is 12.8 Å². The fourth-order valence-corrected chi connectivity index (χ4v) is 3.19. The van der Waals surface area contributed by atoms with Gasteiger partial charge in [-0.2, -0.15) is 0 Å². The third kappa shape index (κ3) is 29.2. The van der Waals surface area contributed by atoms with Gasteiger partial charge in [0.25, 0.3) is 0 Å². The van der Waals surface area contributed by atoms with Crippen molar-refractivity contribution < 1.29 is 19.1 Å². The fourth-order valence-electron chi connectivity index (χ4n) is 3.19. The Balaban J connectivity index is 0. The molecule has 0 N–H and O–H groups in total. The topological polar surface area (TPSA) is 52.6 Å². The maximum absolute atomic E-state index is 10.8. The monoisotopic (exact) mass is 414 g/mol. The highest BCUT2D eigenvalue weighted by molar-refractivity contribution is 5.69. The molecule has 0 aliphatic carbocycles. The van der Waals surface area contributed by atoms with Crippen molar-refractivity contribution in [3.8, 4) is 0 Å². The van der Waals surface area contributed by atoms with Gasteiger partial charge in [-0.25, -0.2) is 0 Å². The molecule has 0 aromatic carbocycles. The lowest BCUT2D eigenvalue weighted by molar-refractivity contribution is -0.141. The molecule has 0 heterocycles. The van der Waals surface area contributed by atoms with Gasteiger partial charge >= 0.3 is 11.9 Å². The molecular weight excluding hydrogens is 364 g/mol. The van der Waals surface area contributed by atoms with Crippen molar-refractivity contribution in [2.45, 2.75) is 136 Å². The molecule has 0 spiro atoms. The number of esters is 2. The SMILES string of the molecule is CCCCCCCCCCC(=O)OC.CCCCCCCCCCCC(=O)OC. The minimum atomic E-state index is -0.0732. The van der Waals surface area contributed by atoms with Crippen molar-refractivity contribution in [1.29, 1.82) is 0 Å². The van der Waals surface area contributed by atoms with E-state index in [1.165, 1.54) is 111 Å². The van der Waals surface area contributed by atoms with E-state index in [9.17, 15) is 9.59 Å². The van der Waals surface area contributed by atoms with Crippen molar-refractivity contribution in [1.82, 2.24) is 0 Å². The molecule has 0 atom stereocenters. The van der Waals surface area contributed by atoms with E-state index in [4.69, 9.17) is 0 Å². The number of unbranched alkanes of at least 4 members (excludes halogenated alkanes) is 15. The predicted octanol–water partition coefficient (Wildman–Crippen LogP) is 7.77. The molecule has 0 saturated carbocycles. The van der Waals surface area contributed by atoms with Gasteiger partial charge in [-0.15, -0.1) is 0 Å². The molecule has 0 rings (SSSR count). The van der Waals surface area contributed by atoms with Crippen LogP contribution in [-0.4, -0.2) is 26.2 Å². The van der Waals surface area contributed by atoms with Gasteiger partial charge in [0.05, 0.1) is 14.2 Å². The summed E-state index contributed by atoms with van der Waals surface area (Å²) in [5.41, 5.74) is 0. The minimum Gasteiger partial charge on any atom is -0.469 e. The van der Waals surface area contributed by atoms with E-state index < -0.39 is 0 Å². The lowest BCUT2D eigenvalue weighted by Crippen LogP contribution is -1.99. The van der Waals surface area contributed by atoms with Crippen LogP contribution < -0.4 is 0 Å². The second-order valence-electron chi connectivity index (χ2n) is 7.96. The van der Waals surface area contributed by atoms with Crippen molar-refractivity contribution in [2.75, 3.05) is 14.2 Å². The third-order valence-corrected chi connectivity index (χ3v) is 5.17. The maximum Gasteiger partial charge on any atom is 0.305 e. The first-order valence-corrected chi connectivity index (χ1v) is 12.3. The summed E-state index contributed by atoms with van der Waals surface area (Å²) < 4.78 is 9.15. The van der Waals surface area contributed by atoms with Gasteiger partial charge in [0.1, 0.15) is 0 Å². The van der Waals surface area contributed by atoms with Gasteiger partial charge < -0.3 is 9.47 Å². The van der Waals surface area contributed by atoms with Crippen LogP contribution in [0.5, 0.6) is 0 Å². The van der Waals surface area contributed by atoms with Crippen LogP contribution in [-0.2, 0) is 19.1 Å². The molecule has 4 heteroatoms. The normalized spacial score (nSPS) is 10.2. The molecule has 0 saturated heterocycles. The molecule has 174 valence electrons. The number of hydrogen-bond donors (Lipinski definition) is 0. The summed E-state index contributed by atoms with van der Waals surface area (Å²) in [4.78, 5) is 21.6. The number of carbonyl (C=O) groups excluding carboxylic acids is 2. The maximum atomic E-state index is 10.8. The summed E-state index contributed by atoms with van der Waals surface area (Å²) in [7, 11) is 2.91. The van der Waals surface area contributed by atoms with E-state index in [-0.39, 0.29) is 11.9 Å². The molecule has 0 bridgehead atoms. The van der Waals surface area contributed by atoms with E-state index in [0.29, 0.717) is 12.8 Å². The summed E-state index contributed by atoms with van der Waals surface area (Å²) in [6.45, 7) is 4.48. The Labute approximate surface area is 181 Å². The molecule has 0 amide bonds. The summed E-state index contributed by atoms with van der Waals surface area (Å²) in [5.74, 6) is -0.145. The molecular formula is C25H50O4. The standard InChI is InChI=1S/C13H26O2.C12H24O2/c1-3-4-5-6-7-8-9-10-11-12-13(14)15-2;1-3-4-5-6-7-8-9-10-11-12(13)14-2/h3-12H2,1-2H3;3-11H2,1-2H3. The number of methoxy groups -OCH3 is 2. The Hall–Kier alpha value is -1.06. The Morgan fingerprint density at radius 2 is 0.690 bits per heavy atom. The second kappa shape index (κ2) is 26.9. The van der Waals surface area contributed by atoms with Crippen LogP contribution in [0, 0.1) is 0 Å². The number of carbonyl (C=O) groups is 2. The zero-order valence-electron chi connectivity index (χ0n) is 20.1. The minimum absolute atomic E-state index is 0.0713. The summed E-state index contributed by atoms with van der Waals surface area (Å²) in [6, 6.07) is 0. The average molecular weight is 415 g/mol. The van der Waals surface area contributed by atoms with Gasteiger partial charge in [-0.1, -0.05) is 110 Å². The van der Waals surface area contributed by atoms with Gasteiger partial charge in [0.15, 0.2) is 0 Å². The molecule has 0 aromatic heterocycles. The van der Waals surface area contributed by atoms with Crippen LogP contribution in [0.15, 0.2) is 0 Å². The molecule has 0 aliphatic rings. The molecule has 29 heavy (non-hydrogen) atoms. The first-order valence-electron chi connectivity index (χ1n) is 12.3. The van der Waals surface area contributed by atoms with Crippen molar-refractivity contribution in [2.24, 2.45) is 0 Å². The van der Waals surface area contributed by atoms with E-state index in [1.807, 2.05) is 0 Å². The summed E-state index contributed by atoms with van der Waals surface area (Å²) in [5, 5.41) is 0. The van der Waals surface area contributed by atoms with Crippen molar-refractivity contribution in [3.63, 3.8) is 0 Å². The molecule has 0 fully saturated rings. The lowest BCUT2D eigenvalue weighted by atomic mass is 10.1. The highest BCUT2D eigenvalue weighted by Gasteiger charge is 1.99. The van der Waals surface area contributed by atoms with Crippen LogP contribution in [0.25, 0.3) is 0 Å². The van der Waals surface area contributed by atoms with Crippen LogP contribution in [0.1, 0.15) is 136 Å². The van der Waals surface area contributed by atoms with Crippen LogP contribution in [0.4, 0.5) is 0 Å². The molecule has 0 unspecified atom stereocenters. The zero-order valence-corrected chi connectivity index (χ0v) is 20.1. The molecule has 0 radical (unpaired) electrons. The third-order valence-electron chi connectivity index (χ3n) is 5.17. The van der Waals surface area contributed by atoms with Crippen molar-refractivity contribution in [3.05, 3.63) is 0 Å². The largest absolute Gasteiger partial charge is 0.469 e. The van der Waals surface area contributed by atoms with E-state index in [0.717, 1.165) is 12.8 Å². The highest BCUT2D eigenvalue weighted by atomic mass is 16.5. The van der Waals surface area contributed by atoms with Gasteiger partial charge in [0.2, 0.25) is 0 Å². The van der Waals surface area contributed by atoms with Crippen molar-refractivity contribution >= 4 is 11.9 Å². The van der Waals surface area contributed by atoms with Crippen LogP contribution in [0.3, 0.4) is 0 Å². The Morgan fingerprint density at radius 3 is 0.931 bits per heavy atom. The zero-order chi connectivity index (χ0) is 22.0. The van der Waals surface area contributed by atoms with E-state index in [1.54, 1.807) is 0 Å². The number of rotatable bonds is 19. The first kappa shape index (κ1) is 30.1. The Bertz CT molecular complexity index is 342. The average Bonchev–Trinajstić information content (AvgIpc) is 2.74. The highest BCUT2D eigenvalue weighted by Crippen LogP contribution is 2.11. The van der Waals surface area contributed by atoms with Crippen LogP contribution in [0.2, 0.25) is 0 Å². The smallest absolute Gasteiger partial charge is 0.305 e. The van der Waals surface area contributed by atoms with Gasteiger partial charge in [-0.3, -0.25) is 9.59 Å². The quantitative estimate of drug-likeness (QED) is 0.160. The van der Waals surface area contributed by atoms with E-state index in [2.05, 4.69) is 23.3 Å². The number of hydrogen-bond acceptors (Lipinski definition) is 4. The molecule has 0 aromatic rings. The van der Waals surface area contributed by atoms with Crippen LogP contribution >= 0.6 is 0 Å². The predicted molar refractivity (Wildman–Crippen MR) is 123 cm³/mol. The molecule has 0 aliphatic heterocycles. The Kier molecular flexibility index (Phi) is 28.0. The lowest BCUT2D eigenvalue weighted by Gasteiger charge is -2.01. The van der Waals surface area contributed by atoms with E-state index >= 15 is 0 Å². The first-order chi connectivity index (χ1) is 14.1. The number of ether oxygens (including phenoxy) is 2. The summed E-state index contributed by atoms with van der Waals surface area (Å²) in [6.07, 6.45) is 22.9. The molecule has 4 nitrogen and oxygen atoms in total. The van der Waals surface area contributed by atoms with Gasteiger partial charge in [0, 0.05) is 12.8 Å². The fraction of sp³-hybridized carbons (Fsp3) is 0.920. The Morgan fingerprint density at radius 1 is 0.448 bits per heavy atom.